The third-order valence-corrected chi connectivity index (χ3v) is 23.4. The van der Waals surface area contributed by atoms with Crippen LogP contribution in [0.1, 0.15) is 0 Å². The Morgan fingerprint density at radius 2 is 0.442 bits per heavy atom. The number of sulfonamides is 4. The number of hydrogen-bond donors (Lipinski definition) is 0. The molecule has 8 aromatic rings. The van der Waals surface area contributed by atoms with Crippen LogP contribution in [0.15, 0.2) is 279 Å². The average Bonchev–Trinajstić information content (AvgIpc) is 0.725. The van der Waals surface area contributed by atoms with E-state index in [9.17, 15) is 95.1 Å². The van der Waals surface area contributed by atoms with E-state index in [1.165, 1.54) is 49.0 Å². The van der Waals surface area contributed by atoms with Crippen LogP contribution in [0.5, 0.6) is 0 Å². The van der Waals surface area contributed by atoms with Gasteiger partial charge >= 0.3 is 33.4 Å². The van der Waals surface area contributed by atoms with Crippen molar-refractivity contribution >= 4 is 85.4 Å². The van der Waals surface area contributed by atoms with Crippen molar-refractivity contribution in [2.75, 3.05) is 0 Å². The van der Waals surface area contributed by atoms with Crippen LogP contribution in [0.4, 0.5) is 61.5 Å². The van der Waals surface area contributed by atoms with Crippen molar-refractivity contribution in [3.63, 3.8) is 0 Å². The predicted octanol–water partition coefficient (Wildman–Crippen LogP) is 16.4. The van der Waals surface area contributed by atoms with Gasteiger partial charge in [-0.2, -0.15) is 61.5 Å². The first-order valence-electron chi connectivity index (χ1n) is 23.4. The fourth-order valence-electron chi connectivity index (χ4n) is 6.71. The van der Waals surface area contributed by atoms with Crippen molar-refractivity contribution < 1.29 is 95.1 Å². The summed E-state index contributed by atoms with van der Waals surface area (Å²) in [6.45, 7) is 0. The average molecular weight is 1370 g/mol. The fourth-order valence-corrected chi connectivity index (χ4v) is 16.9. The minimum atomic E-state index is -8.53. The molecule has 0 saturated carbocycles. The first kappa shape index (κ1) is 69.0. The van der Waals surface area contributed by atoms with Gasteiger partial charge in [0.2, 0.25) is 0 Å². The summed E-state index contributed by atoms with van der Waals surface area (Å²) in [5.74, 6) is -17.1. The minimum Gasteiger partial charge on any atom is -0.423 e. The predicted molar refractivity (Wildman–Crippen MR) is 298 cm³/mol. The first-order chi connectivity index (χ1) is 40.0. The summed E-state index contributed by atoms with van der Waals surface area (Å²) < 4.78 is 265. The Morgan fingerprint density at radius 1 is 0.256 bits per heavy atom. The Kier molecular flexibility index (Phi) is 22.1. The molecule has 0 bridgehead atoms. The Balaban J connectivity index is 0.000000208. The van der Waals surface area contributed by atoms with Gasteiger partial charge in [0, 0.05) is 19.6 Å². The highest BCUT2D eigenvalue weighted by Gasteiger charge is 2.85. The second-order valence-electron chi connectivity index (χ2n) is 16.8. The van der Waals surface area contributed by atoms with Gasteiger partial charge in [-0.15, -0.1) is 0 Å². The van der Waals surface area contributed by atoms with E-state index in [0.29, 0.717) is 0 Å². The number of alkyl halides is 14. The summed E-state index contributed by atoms with van der Waals surface area (Å²) >= 11 is 3.61. The number of nitrogens with zero attached hydrogens (tertiary/aromatic N) is 2. The van der Waals surface area contributed by atoms with E-state index in [1.807, 2.05) is 0 Å². The molecule has 0 spiro atoms. The molecule has 8 aromatic carbocycles. The second kappa shape index (κ2) is 27.5. The third-order valence-electron chi connectivity index (χ3n) is 10.7. The summed E-state index contributed by atoms with van der Waals surface area (Å²) in [6, 6.07) is 82.2. The monoisotopic (exact) mass is 1360 g/mol. The molecule has 0 aliphatic rings. The van der Waals surface area contributed by atoms with Gasteiger partial charge < -0.3 is 8.25 Å². The molecule has 0 N–H and O–H groups in total. The molecule has 0 saturated heterocycles. The van der Waals surface area contributed by atoms with Crippen LogP contribution in [0.2, 0.25) is 0 Å². The van der Waals surface area contributed by atoms with E-state index >= 15 is 0 Å². The molecule has 0 radical (unpaired) electrons. The summed E-state index contributed by atoms with van der Waals surface area (Å²) in [5, 5.41) is -16.4. The maximum atomic E-state index is 13.5. The van der Waals surface area contributed by atoms with Crippen molar-refractivity contribution in [1.82, 2.24) is 0 Å². The summed E-state index contributed by atoms with van der Waals surface area (Å²) in [6.07, 6.45) is 0. The smallest absolute Gasteiger partial charge is 0.423 e. The number of hydrogen-bond acceptors (Lipinski definition) is 10. The van der Waals surface area contributed by atoms with Gasteiger partial charge in [0.15, 0.2) is 69.5 Å². The standard InChI is InChI=1S/2C24H19S2.C6F14N2O8S4/c2*1-4-10-20(11-5-1)25-21-16-18-24(19-17-21)26(22-12-6-2-7-13-22)23-14-8-3-9-15-23;7-1(8,3(11,12)31(23,24)21-33(27,28)5(15,16)17)2(9,10)4(13,14)32(25,26)22-34(29,30)6(18,19)20/h2*1-19H;/q2*+1;-2. The molecule has 0 aromatic heterocycles. The zero-order valence-electron chi connectivity index (χ0n) is 42.7. The number of halogens is 14. The summed E-state index contributed by atoms with van der Waals surface area (Å²) in [5.41, 5.74) is -14.0. The van der Waals surface area contributed by atoms with Crippen LogP contribution >= 0.6 is 23.5 Å². The quantitative estimate of drug-likeness (QED) is 0.0562. The van der Waals surface area contributed by atoms with Crippen LogP contribution in [0.3, 0.4) is 0 Å². The molecule has 0 atom stereocenters. The van der Waals surface area contributed by atoms with Crippen molar-refractivity contribution in [3.05, 3.63) is 239 Å². The molecule has 0 aliphatic heterocycles. The molecule has 0 heterocycles. The normalized spacial score (nSPS) is 13.1. The van der Waals surface area contributed by atoms with Crippen molar-refractivity contribution in [3.8, 4) is 0 Å². The summed E-state index contributed by atoms with van der Waals surface area (Å²) in [4.78, 5) is 13.2. The Morgan fingerprint density at radius 3 is 0.651 bits per heavy atom. The van der Waals surface area contributed by atoms with E-state index in [0.717, 1.165) is 0 Å². The zero-order valence-corrected chi connectivity index (χ0v) is 49.2. The molecule has 32 heteroatoms. The van der Waals surface area contributed by atoms with E-state index in [2.05, 4.69) is 231 Å². The summed E-state index contributed by atoms with van der Waals surface area (Å²) in [7, 11) is -32.8. The van der Waals surface area contributed by atoms with E-state index in [4.69, 9.17) is 0 Å². The van der Waals surface area contributed by atoms with E-state index in [-0.39, 0.29) is 30.0 Å². The highest BCUT2D eigenvalue weighted by atomic mass is 32.3. The topological polar surface area (TPSA) is 165 Å². The molecule has 0 unspecified atom stereocenters. The van der Waals surface area contributed by atoms with Crippen molar-refractivity contribution in [2.24, 2.45) is 0 Å². The Bertz CT molecular complexity index is 3630. The largest absolute Gasteiger partial charge is 0.480 e. The van der Waals surface area contributed by atoms with Gasteiger partial charge in [-0.05, 0) is 121 Å². The second-order valence-corrected chi connectivity index (χ2v) is 30.1. The highest BCUT2D eigenvalue weighted by Crippen LogP contribution is 2.58. The minimum absolute atomic E-state index is 0.0786. The van der Waals surface area contributed by atoms with Gasteiger partial charge in [-0.25, -0.2) is 33.7 Å². The van der Waals surface area contributed by atoms with Gasteiger partial charge in [0.05, 0.1) is 21.8 Å². The molecule has 86 heavy (non-hydrogen) atoms. The maximum Gasteiger partial charge on any atom is 0.480 e. The lowest BCUT2D eigenvalue weighted by Gasteiger charge is -2.40. The molecular weight excluding hydrogens is 1330 g/mol. The Labute approximate surface area is 498 Å². The van der Waals surface area contributed by atoms with Gasteiger partial charge in [-0.1, -0.05) is 133 Å². The molecule has 8 rings (SSSR count). The van der Waals surface area contributed by atoms with Crippen LogP contribution < -0.4 is 0 Å². The molecule has 10 nitrogen and oxygen atoms in total. The van der Waals surface area contributed by atoms with Crippen LogP contribution in [-0.2, 0) is 61.9 Å². The SMILES string of the molecule is O=S(=O)([N-]S(=O)(=O)C(F)(F)C(F)(F)C(F)(F)C(F)(F)S(=O)(=O)[N-]S(=O)(=O)C(F)(F)F)C(F)(F)F.c1ccc(Sc2ccc([S+](c3ccccc3)c3ccccc3)cc2)cc1.c1ccc(Sc2ccc([S+](c3ccccc3)c3ccccc3)cc2)cc1. The molecular formula is C54H38F14N2O8S8. The lowest BCUT2D eigenvalue weighted by atomic mass is 10.2. The first-order valence-corrected chi connectivity index (χ1v) is 33.3. The number of rotatable bonds is 19. The van der Waals surface area contributed by atoms with Crippen LogP contribution in [0, 0.1) is 0 Å². The molecule has 0 aliphatic carbocycles. The lowest BCUT2D eigenvalue weighted by molar-refractivity contribution is -0.325. The molecule has 0 fully saturated rings. The third kappa shape index (κ3) is 16.1. The number of benzene rings is 8. The van der Waals surface area contributed by atoms with Gasteiger partial charge in [0.25, 0.3) is 0 Å². The lowest BCUT2D eigenvalue weighted by Crippen LogP contribution is -2.66. The van der Waals surface area contributed by atoms with Crippen molar-refractivity contribution in [2.45, 2.75) is 82.3 Å². The van der Waals surface area contributed by atoms with E-state index < -0.39 is 73.5 Å². The van der Waals surface area contributed by atoms with Gasteiger partial charge in [-0.3, -0.25) is 0 Å². The van der Waals surface area contributed by atoms with E-state index in [1.54, 1.807) is 23.5 Å². The molecule has 0 amide bonds. The maximum absolute atomic E-state index is 13.5. The zero-order chi connectivity index (χ0) is 63.6. The van der Waals surface area contributed by atoms with Crippen LogP contribution in [-0.4, -0.2) is 67.0 Å². The highest BCUT2D eigenvalue weighted by molar-refractivity contribution is 8.13. The van der Waals surface area contributed by atoms with Gasteiger partial charge in [0.1, 0.15) is 0 Å². The fraction of sp³-hybridized carbons (Fsp3) is 0.111. The molecule has 458 valence electrons. The van der Waals surface area contributed by atoms with Crippen molar-refractivity contribution in [1.29, 1.82) is 0 Å². The van der Waals surface area contributed by atoms with Crippen LogP contribution in [0.25, 0.3) is 8.25 Å². The Hall–Kier alpha value is -6.10.